The van der Waals surface area contributed by atoms with Crippen molar-refractivity contribution in [3.05, 3.63) is 0 Å². The average Bonchev–Trinajstić information content (AvgIpc) is 2.83. The maximum atomic E-state index is 12.3. The van der Waals surface area contributed by atoms with Gasteiger partial charge in [0, 0.05) is 11.8 Å². The van der Waals surface area contributed by atoms with Crippen LogP contribution in [-0.4, -0.2) is 67.4 Å². The van der Waals surface area contributed by atoms with Crippen molar-refractivity contribution in [3.8, 4) is 0 Å². The zero-order valence-corrected chi connectivity index (χ0v) is 13.7. The van der Waals surface area contributed by atoms with E-state index in [-0.39, 0.29) is 34.4 Å². The zero-order valence-electron chi connectivity index (χ0n) is 12.1. The molecule has 8 heteroatoms. The van der Waals surface area contributed by atoms with E-state index >= 15 is 0 Å². The first kappa shape index (κ1) is 16.6. The Balaban J connectivity index is 1.88. The van der Waals surface area contributed by atoms with E-state index in [1.165, 1.54) is 18.9 Å². The van der Waals surface area contributed by atoms with Gasteiger partial charge in [0.1, 0.15) is 6.04 Å². The second kappa shape index (κ2) is 7.00. The highest BCUT2D eigenvalue weighted by molar-refractivity contribution is 8.02. The number of thioether (sulfide) groups is 1. The maximum absolute atomic E-state index is 12.3. The minimum atomic E-state index is -2.92. The molecule has 2 atom stereocenters. The normalized spacial score (nSPS) is 28.3. The summed E-state index contributed by atoms with van der Waals surface area (Å²) in [6.45, 7) is 0.572. The van der Waals surface area contributed by atoms with E-state index in [1.54, 1.807) is 4.90 Å². The van der Waals surface area contributed by atoms with Crippen molar-refractivity contribution in [1.29, 1.82) is 0 Å². The molecule has 2 rings (SSSR count). The van der Waals surface area contributed by atoms with Gasteiger partial charge in [-0.3, -0.25) is 4.79 Å². The van der Waals surface area contributed by atoms with Crippen molar-refractivity contribution < 1.29 is 22.7 Å². The summed E-state index contributed by atoms with van der Waals surface area (Å²) < 4.78 is 27.6. The van der Waals surface area contributed by atoms with Gasteiger partial charge in [0.25, 0.3) is 0 Å². The van der Waals surface area contributed by atoms with Gasteiger partial charge < -0.3 is 9.64 Å². The van der Waals surface area contributed by atoms with Gasteiger partial charge in [-0.05, 0) is 25.7 Å². The molecule has 0 aromatic heterocycles. The second-order valence-corrected chi connectivity index (χ2v) is 8.98. The Kier molecular flexibility index (Phi) is 5.54. The van der Waals surface area contributed by atoms with E-state index in [2.05, 4.69) is 0 Å². The molecule has 2 heterocycles. The maximum Gasteiger partial charge on any atom is 0.328 e. The van der Waals surface area contributed by atoms with E-state index in [9.17, 15) is 18.0 Å². The minimum Gasteiger partial charge on any atom is -0.467 e. The summed E-state index contributed by atoms with van der Waals surface area (Å²) in [7, 11) is -1.59. The number of carbonyl (C=O) groups is 2. The lowest BCUT2D eigenvalue weighted by Crippen LogP contribution is -2.49. The Morgan fingerprint density at radius 1 is 1.29 bits per heavy atom. The molecule has 0 radical (unpaired) electrons. The first-order chi connectivity index (χ1) is 9.93. The zero-order chi connectivity index (χ0) is 15.5. The smallest absolute Gasteiger partial charge is 0.328 e. The van der Waals surface area contributed by atoms with Crippen LogP contribution < -0.4 is 0 Å². The van der Waals surface area contributed by atoms with E-state index < -0.39 is 15.9 Å². The molecule has 2 aliphatic rings. The molecule has 2 fully saturated rings. The highest BCUT2D eigenvalue weighted by Crippen LogP contribution is 2.26. The van der Waals surface area contributed by atoms with Gasteiger partial charge in [-0.2, -0.15) is 0 Å². The number of hydrogen-bond donors (Lipinski definition) is 0. The van der Waals surface area contributed by atoms with E-state index in [1.807, 2.05) is 0 Å². The van der Waals surface area contributed by atoms with E-state index in [0.29, 0.717) is 19.4 Å². The second-order valence-electron chi connectivity index (χ2n) is 5.46. The third-order valence-electron chi connectivity index (χ3n) is 3.93. The Bertz CT molecular complexity index is 505. The first-order valence-electron chi connectivity index (χ1n) is 7.12. The highest BCUT2D eigenvalue weighted by Gasteiger charge is 2.34. The predicted molar refractivity (Wildman–Crippen MR) is 80.9 cm³/mol. The summed E-state index contributed by atoms with van der Waals surface area (Å²) in [6, 6.07) is -0.482. The molecular formula is C13H21NO5S2. The van der Waals surface area contributed by atoms with Crippen molar-refractivity contribution in [2.75, 3.05) is 30.9 Å². The number of rotatable bonds is 4. The van der Waals surface area contributed by atoms with Crippen molar-refractivity contribution >= 4 is 33.5 Å². The number of sulfone groups is 1. The van der Waals surface area contributed by atoms with Crippen LogP contribution in [0.1, 0.15) is 25.7 Å². The van der Waals surface area contributed by atoms with Crippen LogP contribution in [0.2, 0.25) is 0 Å². The van der Waals surface area contributed by atoms with Crippen LogP contribution in [0.4, 0.5) is 0 Å². The van der Waals surface area contributed by atoms with E-state index in [4.69, 9.17) is 4.74 Å². The van der Waals surface area contributed by atoms with E-state index in [0.717, 1.165) is 12.8 Å². The molecular weight excluding hydrogens is 314 g/mol. The van der Waals surface area contributed by atoms with Gasteiger partial charge in [-0.15, -0.1) is 11.8 Å². The Labute approximate surface area is 129 Å². The van der Waals surface area contributed by atoms with Crippen LogP contribution in [0, 0.1) is 0 Å². The molecule has 2 aliphatic heterocycles. The SMILES string of the molecule is COC(=O)[C@H]1CCCCN1C(=O)CSC1CCS(=O)(=O)C1. The summed E-state index contributed by atoms with van der Waals surface area (Å²) in [5, 5.41) is 0.000294. The topological polar surface area (TPSA) is 80.8 Å². The lowest BCUT2D eigenvalue weighted by atomic mass is 10.0. The van der Waals surface area contributed by atoms with Crippen LogP contribution in [0.25, 0.3) is 0 Å². The van der Waals surface area contributed by atoms with Crippen molar-refractivity contribution in [1.82, 2.24) is 4.90 Å². The van der Waals surface area contributed by atoms with Crippen LogP contribution in [-0.2, 0) is 24.2 Å². The lowest BCUT2D eigenvalue weighted by Gasteiger charge is -2.33. The van der Waals surface area contributed by atoms with Gasteiger partial charge in [-0.1, -0.05) is 0 Å². The third-order valence-corrected chi connectivity index (χ3v) is 7.20. The summed E-state index contributed by atoms with van der Waals surface area (Å²) >= 11 is 1.39. The number of methoxy groups -OCH3 is 1. The average molecular weight is 335 g/mol. The molecule has 0 spiro atoms. The van der Waals surface area contributed by atoms with Gasteiger partial charge in [-0.25, -0.2) is 13.2 Å². The first-order valence-corrected chi connectivity index (χ1v) is 9.99. The molecule has 21 heavy (non-hydrogen) atoms. The number of likely N-dealkylation sites (tertiary alicyclic amines) is 1. The lowest BCUT2D eigenvalue weighted by molar-refractivity contribution is -0.153. The van der Waals surface area contributed by atoms with Gasteiger partial charge >= 0.3 is 5.97 Å². The van der Waals surface area contributed by atoms with Crippen LogP contribution in [0.15, 0.2) is 0 Å². The predicted octanol–water partition coefficient (Wildman–Crippen LogP) is 0.461. The van der Waals surface area contributed by atoms with Crippen LogP contribution in [0.3, 0.4) is 0 Å². The molecule has 0 aromatic carbocycles. The summed E-state index contributed by atoms with van der Waals surface area (Å²) in [4.78, 5) is 25.6. The Morgan fingerprint density at radius 3 is 2.67 bits per heavy atom. The van der Waals surface area contributed by atoms with Crippen molar-refractivity contribution in [3.63, 3.8) is 0 Å². The summed E-state index contributed by atoms with van der Waals surface area (Å²) in [5.74, 6) is 0.141. The number of amides is 1. The highest BCUT2D eigenvalue weighted by atomic mass is 32.2. The van der Waals surface area contributed by atoms with Gasteiger partial charge in [0.15, 0.2) is 9.84 Å². The van der Waals surface area contributed by atoms with Gasteiger partial charge in [0.05, 0.1) is 24.4 Å². The molecule has 0 aliphatic carbocycles. The number of carbonyl (C=O) groups excluding carboxylic acids is 2. The molecule has 0 aromatic rings. The number of ether oxygens (including phenoxy) is 1. The quantitative estimate of drug-likeness (QED) is 0.695. The third kappa shape index (κ3) is 4.35. The molecule has 1 amide bonds. The van der Waals surface area contributed by atoms with Gasteiger partial charge in [0.2, 0.25) is 5.91 Å². The fourth-order valence-electron chi connectivity index (χ4n) is 2.78. The molecule has 2 saturated heterocycles. The van der Waals surface area contributed by atoms with Crippen molar-refractivity contribution in [2.45, 2.75) is 37.0 Å². The summed E-state index contributed by atoms with van der Waals surface area (Å²) in [5.41, 5.74) is 0. The fourth-order valence-corrected chi connectivity index (χ4v) is 6.30. The Morgan fingerprint density at radius 2 is 2.05 bits per heavy atom. The standard InChI is InChI=1S/C13H21NO5S2/c1-19-13(16)11-4-2-3-6-14(11)12(15)8-20-10-5-7-21(17,18)9-10/h10-11H,2-9H2,1H3/t10?,11-/m1/s1. The number of esters is 1. The molecule has 0 N–H and O–H groups in total. The van der Waals surface area contributed by atoms with Crippen LogP contribution >= 0.6 is 11.8 Å². The van der Waals surface area contributed by atoms with Crippen LogP contribution in [0.5, 0.6) is 0 Å². The monoisotopic (exact) mass is 335 g/mol. The number of piperidine rings is 1. The number of nitrogens with zero attached hydrogens (tertiary/aromatic N) is 1. The molecule has 0 bridgehead atoms. The molecule has 6 nitrogen and oxygen atoms in total. The van der Waals surface area contributed by atoms with Crippen molar-refractivity contribution in [2.24, 2.45) is 0 Å². The molecule has 120 valence electrons. The largest absolute Gasteiger partial charge is 0.467 e. The minimum absolute atomic E-state index is 0.000294. The molecule has 0 saturated carbocycles. The molecule has 1 unspecified atom stereocenters. The number of hydrogen-bond acceptors (Lipinski definition) is 6. The Hall–Kier alpha value is -0.760. The fraction of sp³-hybridized carbons (Fsp3) is 0.846. The summed E-state index contributed by atoms with van der Waals surface area (Å²) in [6.07, 6.45) is 3.06.